The number of likely N-dealkylation sites (N-methyl/N-ethyl adjacent to an activating group) is 1. The van der Waals surface area contributed by atoms with Gasteiger partial charge in [0.25, 0.3) is 0 Å². The van der Waals surface area contributed by atoms with Crippen LogP contribution in [0.1, 0.15) is 13.8 Å². The number of nitrogens with zero attached hydrogens (tertiary/aromatic N) is 3. The topological polar surface area (TPSA) is 64.2 Å². The van der Waals surface area contributed by atoms with Crippen LogP contribution < -0.4 is 5.73 Å². The number of hydrogen-bond donors (Lipinski definition) is 1. The summed E-state index contributed by atoms with van der Waals surface area (Å²) < 4.78 is 1.79. The number of carbonyl (C=O) groups is 1. The van der Waals surface area contributed by atoms with Gasteiger partial charge < -0.3 is 10.6 Å². The van der Waals surface area contributed by atoms with E-state index >= 15 is 0 Å². The van der Waals surface area contributed by atoms with Crippen molar-refractivity contribution in [1.29, 1.82) is 0 Å². The van der Waals surface area contributed by atoms with Crippen molar-refractivity contribution in [3.63, 3.8) is 0 Å². The fourth-order valence-corrected chi connectivity index (χ4v) is 1.28. The predicted molar refractivity (Wildman–Crippen MR) is 72.6 cm³/mol. The zero-order valence-electron chi connectivity index (χ0n) is 10.3. The van der Waals surface area contributed by atoms with Crippen molar-refractivity contribution in [3.8, 4) is 0 Å². The summed E-state index contributed by atoms with van der Waals surface area (Å²) in [7, 11) is 1.75. The van der Waals surface area contributed by atoms with Gasteiger partial charge in [0.1, 0.15) is 0 Å². The summed E-state index contributed by atoms with van der Waals surface area (Å²) in [6.07, 6.45) is 3.58. The molecule has 0 radical (unpaired) electrons. The van der Waals surface area contributed by atoms with Crippen molar-refractivity contribution >= 4 is 30.7 Å². The highest BCUT2D eigenvalue weighted by atomic mass is 35.5. The molecule has 0 bridgehead atoms. The lowest BCUT2D eigenvalue weighted by Gasteiger charge is -2.25. The molecular formula is C10H20Cl2N4O. The zero-order valence-corrected chi connectivity index (χ0v) is 11.9. The van der Waals surface area contributed by atoms with Crippen LogP contribution >= 0.6 is 24.8 Å². The summed E-state index contributed by atoms with van der Waals surface area (Å²) in [4.78, 5) is 13.3. The summed E-state index contributed by atoms with van der Waals surface area (Å²) >= 11 is 0. The average molecular weight is 283 g/mol. The highest BCUT2D eigenvalue weighted by Gasteiger charge is 2.25. The fourth-order valence-electron chi connectivity index (χ4n) is 1.28. The number of rotatable bonds is 4. The van der Waals surface area contributed by atoms with E-state index in [9.17, 15) is 4.79 Å². The Morgan fingerprint density at radius 3 is 2.47 bits per heavy atom. The summed E-state index contributed by atoms with van der Waals surface area (Å²) in [5.74, 6) is -0.0605. The molecule has 0 spiro atoms. The van der Waals surface area contributed by atoms with Gasteiger partial charge in [-0.3, -0.25) is 9.48 Å². The lowest BCUT2D eigenvalue weighted by molar-refractivity contribution is -0.134. The highest BCUT2D eigenvalue weighted by Crippen LogP contribution is 2.02. The largest absolute Gasteiger partial charge is 0.342 e. The Labute approximate surface area is 114 Å². The van der Waals surface area contributed by atoms with E-state index in [2.05, 4.69) is 5.10 Å². The number of carbonyl (C=O) groups excluding carboxylic acids is 1. The Kier molecular flexibility index (Phi) is 8.23. The van der Waals surface area contributed by atoms with Gasteiger partial charge >= 0.3 is 0 Å². The summed E-state index contributed by atoms with van der Waals surface area (Å²) in [6.45, 7) is 4.71. The summed E-state index contributed by atoms with van der Waals surface area (Å²) in [6, 6.07) is 1.86. The van der Waals surface area contributed by atoms with Gasteiger partial charge in [-0.25, -0.2) is 0 Å². The lowest BCUT2D eigenvalue weighted by atomic mass is 10.1. The third-order valence-electron chi connectivity index (χ3n) is 2.12. The van der Waals surface area contributed by atoms with Gasteiger partial charge in [-0.1, -0.05) is 0 Å². The van der Waals surface area contributed by atoms with Gasteiger partial charge in [-0.15, -0.1) is 24.8 Å². The van der Waals surface area contributed by atoms with Crippen LogP contribution in [-0.2, 0) is 11.3 Å². The minimum Gasteiger partial charge on any atom is -0.342 e. The molecule has 0 saturated carbocycles. The van der Waals surface area contributed by atoms with E-state index < -0.39 is 5.54 Å². The maximum absolute atomic E-state index is 11.7. The van der Waals surface area contributed by atoms with Crippen molar-refractivity contribution in [3.05, 3.63) is 18.5 Å². The molecule has 7 heteroatoms. The molecule has 17 heavy (non-hydrogen) atoms. The number of nitrogens with two attached hydrogens (primary N) is 1. The molecule has 0 aromatic carbocycles. The molecule has 0 aliphatic heterocycles. The lowest BCUT2D eigenvalue weighted by Crippen LogP contribution is -2.50. The molecule has 1 aromatic rings. The first-order chi connectivity index (χ1) is 6.91. The smallest absolute Gasteiger partial charge is 0.241 e. The van der Waals surface area contributed by atoms with Crippen LogP contribution in [0.2, 0.25) is 0 Å². The van der Waals surface area contributed by atoms with Crippen LogP contribution in [-0.4, -0.2) is 39.7 Å². The van der Waals surface area contributed by atoms with Gasteiger partial charge in [-0.2, -0.15) is 5.10 Å². The van der Waals surface area contributed by atoms with Crippen molar-refractivity contribution in [2.45, 2.75) is 25.9 Å². The van der Waals surface area contributed by atoms with E-state index in [-0.39, 0.29) is 30.7 Å². The first-order valence-corrected chi connectivity index (χ1v) is 4.93. The molecule has 0 atom stereocenters. The zero-order chi connectivity index (χ0) is 11.5. The molecule has 0 aliphatic rings. The van der Waals surface area contributed by atoms with Crippen LogP contribution in [0.15, 0.2) is 18.5 Å². The second kappa shape index (κ2) is 7.53. The van der Waals surface area contributed by atoms with Gasteiger partial charge in [0, 0.05) is 26.0 Å². The molecule has 1 aromatic heterocycles. The third-order valence-corrected chi connectivity index (χ3v) is 2.12. The second-order valence-electron chi connectivity index (χ2n) is 4.22. The van der Waals surface area contributed by atoms with Crippen LogP contribution in [0, 0.1) is 0 Å². The van der Waals surface area contributed by atoms with E-state index in [4.69, 9.17) is 5.73 Å². The number of aromatic nitrogens is 2. The van der Waals surface area contributed by atoms with E-state index in [1.165, 1.54) is 0 Å². The summed E-state index contributed by atoms with van der Waals surface area (Å²) in [5, 5.41) is 4.06. The Balaban J connectivity index is 0. The van der Waals surface area contributed by atoms with Gasteiger partial charge in [-0.05, 0) is 19.9 Å². The Morgan fingerprint density at radius 2 is 2.06 bits per heavy atom. The van der Waals surface area contributed by atoms with Crippen LogP contribution in [0.4, 0.5) is 0 Å². The monoisotopic (exact) mass is 282 g/mol. The Hall–Kier alpha value is -0.780. The average Bonchev–Trinajstić information content (AvgIpc) is 2.63. The van der Waals surface area contributed by atoms with Gasteiger partial charge in [0.15, 0.2) is 0 Å². The van der Waals surface area contributed by atoms with Crippen molar-refractivity contribution in [2.24, 2.45) is 5.73 Å². The molecule has 100 valence electrons. The number of halogens is 2. The molecule has 0 aliphatic carbocycles. The first-order valence-electron chi connectivity index (χ1n) is 4.93. The van der Waals surface area contributed by atoms with Crippen molar-refractivity contribution in [2.75, 3.05) is 13.6 Å². The maximum Gasteiger partial charge on any atom is 0.241 e. The van der Waals surface area contributed by atoms with Crippen LogP contribution in [0.5, 0.6) is 0 Å². The minimum atomic E-state index is -0.807. The normalized spacial score (nSPS) is 10.1. The van der Waals surface area contributed by atoms with E-state index in [0.29, 0.717) is 13.1 Å². The van der Waals surface area contributed by atoms with Gasteiger partial charge in [0.2, 0.25) is 5.91 Å². The molecule has 5 nitrogen and oxygen atoms in total. The standard InChI is InChI=1S/C10H18N4O.2ClH/c1-10(2,11)9(15)13(3)7-8-14-6-4-5-12-14;;/h4-6H,7-8,11H2,1-3H3;2*1H. The molecule has 0 unspecified atom stereocenters. The Bertz CT molecular complexity index is 322. The minimum absolute atomic E-state index is 0. The molecule has 0 saturated heterocycles. The van der Waals surface area contributed by atoms with E-state index in [1.54, 1.807) is 36.7 Å². The summed E-state index contributed by atoms with van der Waals surface area (Å²) in [5.41, 5.74) is 4.91. The molecule has 1 amide bonds. The molecular weight excluding hydrogens is 263 g/mol. The Morgan fingerprint density at radius 1 is 1.47 bits per heavy atom. The number of amides is 1. The molecule has 1 heterocycles. The maximum atomic E-state index is 11.7. The van der Waals surface area contributed by atoms with Crippen molar-refractivity contribution < 1.29 is 4.79 Å². The van der Waals surface area contributed by atoms with E-state index in [0.717, 1.165) is 0 Å². The first kappa shape index (κ1) is 18.6. The van der Waals surface area contributed by atoms with Crippen molar-refractivity contribution in [1.82, 2.24) is 14.7 Å². The number of hydrogen-bond acceptors (Lipinski definition) is 3. The third kappa shape index (κ3) is 5.91. The SMILES string of the molecule is CN(CCn1cccn1)C(=O)C(C)(C)N.Cl.Cl. The fraction of sp³-hybridized carbons (Fsp3) is 0.600. The predicted octanol–water partition coefficient (Wildman–Crippen LogP) is 0.922. The quantitative estimate of drug-likeness (QED) is 0.893. The highest BCUT2D eigenvalue weighted by molar-refractivity contribution is 5.85. The van der Waals surface area contributed by atoms with E-state index in [1.807, 2.05) is 12.3 Å². The van der Waals surface area contributed by atoms with Crippen LogP contribution in [0.25, 0.3) is 0 Å². The van der Waals surface area contributed by atoms with Gasteiger partial charge in [0.05, 0.1) is 12.1 Å². The molecule has 1 rings (SSSR count). The molecule has 2 N–H and O–H groups in total. The van der Waals surface area contributed by atoms with Crippen LogP contribution in [0.3, 0.4) is 0 Å². The second-order valence-corrected chi connectivity index (χ2v) is 4.22. The molecule has 0 fully saturated rings.